The highest BCUT2D eigenvalue weighted by Crippen LogP contribution is 2.15. The van der Waals surface area contributed by atoms with Gasteiger partial charge in [-0.05, 0) is 33.6 Å². The molecule has 0 aromatic carbocycles. The van der Waals surface area contributed by atoms with Crippen molar-refractivity contribution in [1.29, 1.82) is 0 Å². The lowest BCUT2D eigenvalue weighted by Gasteiger charge is -2.42. The fourth-order valence-corrected chi connectivity index (χ4v) is 2.65. The molecule has 0 aromatic heterocycles. The van der Waals surface area contributed by atoms with E-state index in [0.717, 1.165) is 6.54 Å². The second kappa shape index (κ2) is 7.46. The van der Waals surface area contributed by atoms with E-state index in [1.54, 1.807) is 0 Å². The molecule has 0 amide bonds. The summed E-state index contributed by atoms with van der Waals surface area (Å²) < 4.78 is 0. The minimum absolute atomic E-state index is 0.333. The second-order valence-corrected chi connectivity index (χ2v) is 6.47. The molecule has 0 radical (unpaired) electrons. The van der Waals surface area contributed by atoms with Crippen molar-refractivity contribution in [2.45, 2.75) is 59.0 Å². The first-order valence-electron chi connectivity index (χ1n) is 7.68. The molecule has 3 nitrogen and oxygen atoms in total. The minimum Gasteiger partial charge on any atom is -0.313 e. The molecule has 0 aromatic rings. The van der Waals surface area contributed by atoms with Crippen LogP contribution in [0.25, 0.3) is 0 Å². The molecular weight excluding hydrogens is 222 g/mol. The second-order valence-electron chi connectivity index (χ2n) is 6.47. The summed E-state index contributed by atoms with van der Waals surface area (Å²) in [6.45, 7) is 18.7. The molecule has 1 N–H and O–H groups in total. The number of nitrogens with zero attached hydrogens (tertiary/aromatic N) is 2. The van der Waals surface area contributed by atoms with Crippen LogP contribution in [0.4, 0.5) is 0 Å². The molecule has 0 bridgehead atoms. The molecular formula is C15H33N3. The van der Waals surface area contributed by atoms with Gasteiger partial charge in [-0.15, -0.1) is 0 Å². The molecule has 108 valence electrons. The van der Waals surface area contributed by atoms with Crippen LogP contribution in [0.5, 0.6) is 0 Å². The largest absolute Gasteiger partial charge is 0.313 e. The molecule has 1 rings (SSSR count). The number of piperazine rings is 1. The average Bonchev–Trinajstić information content (AvgIpc) is 2.34. The number of hydrogen-bond acceptors (Lipinski definition) is 3. The Morgan fingerprint density at radius 2 is 1.56 bits per heavy atom. The Kier molecular flexibility index (Phi) is 6.61. The minimum atomic E-state index is 0.333. The molecule has 1 heterocycles. The van der Waals surface area contributed by atoms with Crippen LogP contribution in [0.1, 0.15) is 47.5 Å². The first-order chi connectivity index (χ1) is 8.47. The molecule has 1 saturated heterocycles. The zero-order valence-corrected chi connectivity index (χ0v) is 13.1. The summed E-state index contributed by atoms with van der Waals surface area (Å²) in [7, 11) is 0. The van der Waals surface area contributed by atoms with Crippen LogP contribution in [0.2, 0.25) is 0 Å². The van der Waals surface area contributed by atoms with E-state index in [4.69, 9.17) is 0 Å². The SMILES string of the molecule is CCC(CC)NCCN1CCN(C(C)(C)C)CC1. The van der Waals surface area contributed by atoms with E-state index in [-0.39, 0.29) is 0 Å². The van der Waals surface area contributed by atoms with Crippen molar-refractivity contribution in [2.75, 3.05) is 39.3 Å². The van der Waals surface area contributed by atoms with Crippen molar-refractivity contribution in [3.8, 4) is 0 Å². The molecule has 18 heavy (non-hydrogen) atoms. The quantitative estimate of drug-likeness (QED) is 0.785. The Hall–Kier alpha value is -0.120. The summed E-state index contributed by atoms with van der Waals surface area (Å²) in [6, 6.07) is 0.709. The maximum absolute atomic E-state index is 3.65. The van der Waals surface area contributed by atoms with E-state index in [0.29, 0.717) is 11.6 Å². The molecule has 0 atom stereocenters. The van der Waals surface area contributed by atoms with Gasteiger partial charge in [-0.3, -0.25) is 9.80 Å². The third-order valence-electron chi connectivity index (χ3n) is 4.17. The molecule has 3 heteroatoms. The van der Waals surface area contributed by atoms with Crippen LogP contribution < -0.4 is 5.32 Å². The highest BCUT2D eigenvalue weighted by atomic mass is 15.3. The summed E-state index contributed by atoms with van der Waals surface area (Å²) in [5.74, 6) is 0. The molecule has 1 fully saturated rings. The maximum Gasteiger partial charge on any atom is 0.0126 e. The van der Waals surface area contributed by atoms with E-state index >= 15 is 0 Å². The third kappa shape index (κ3) is 5.25. The van der Waals surface area contributed by atoms with Gasteiger partial charge in [0.2, 0.25) is 0 Å². The summed E-state index contributed by atoms with van der Waals surface area (Å²) in [5.41, 5.74) is 0.333. The highest BCUT2D eigenvalue weighted by Gasteiger charge is 2.25. The van der Waals surface area contributed by atoms with Gasteiger partial charge in [0.15, 0.2) is 0 Å². The van der Waals surface area contributed by atoms with Crippen LogP contribution in [-0.4, -0.2) is 60.6 Å². The Balaban J connectivity index is 2.16. The Morgan fingerprint density at radius 3 is 2.00 bits per heavy atom. The Labute approximate surface area is 114 Å². The molecule has 1 aliphatic rings. The molecule has 0 aliphatic carbocycles. The van der Waals surface area contributed by atoms with E-state index in [1.807, 2.05) is 0 Å². The van der Waals surface area contributed by atoms with Gasteiger partial charge < -0.3 is 5.32 Å². The van der Waals surface area contributed by atoms with Crippen LogP contribution in [0.15, 0.2) is 0 Å². The standard InChI is InChI=1S/C15H33N3/c1-6-14(7-2)16-8-9-17-10-12-18(13-11-17)15(3,4)5/h14,16H,6-13H2,1-5H3. The first-order valence-corrected chi connectivity index (χ1v) is 7.68. The highest BCUT2D eigenvalue weighted by molar-refractivity contribution is 4.82. The van der Waals surface area contributed by atoms with Crippen LogP contribution in [0, 0.1) is 0 Å². The first kappa shape index (κ1) is 15.9. The third-order valence-corrected chi connectivity index (χ3v) is 4.17. The summed E-state index contributed by atoms with van der Waals surface area (Å²) in [5, 5.41) is 3.65. The summed E-state index contributed by atoms with van der Waals surface area (Å²) in [6.07, 6.45) is 2.49. The van der Waals surface area contributed by atoms with Crippen LogP contribution in [-0.2, 0) is 0 Å². The molecule has 1 aliphatic heterocycles. The van der Waals surface area contributed by atoms with Gasteiger partial charge in [0, 0.05) is 50.8 Å². The van der Waals surface area contributed by atoms with Crippen molar-refractivity contribution in [1.82, 2.24) is 15.1 Å². The van der Waals surface area contributed by atoms with Gasteiger partial charge in [0.1, 0.15) is 0 Å². The zero-order chi connectivity index (χ0) is 13.6. The van der Waals surface area contributed by atoms with E-state index in [9.17, 15) is 0 Å². The van der Waals surface area contributed by atoms with Crippen molar-refractivity contribution in [3.63, 3.8) is 0 Å². The predicted molar refractivity (Wildman–Crippen MR) is 80.1 cm³/mol. The zero-order valence-electron chi connectivity index (χ0n) is 13.1. The fourth-order valence-electron chi connectivity index (χ4n) is 2.65. The van der Waals surface area contributed by atoms with Gasteiger partial charge in [0.25, 0.3) is 0 Å². The summed E-state index contributed by atoms with van der Waals surface area (Å²) >= 11 is 0. The number of nitrogens with one attached hydrogen (secondary N) is 1. The normalized spacial score (nSPS) is 19.7. The van der Waals surface area contributed by atoms with Gasteiger partial charge in [0.05, 0.1) is 0 Å². The fraction of sp³-hybridized carbons (Fsp3) is 1.00. The topological polar surface area (TPSA) is 18.5 Å². The Bertz CT molecular complexity index is 210. The van der Waals surface area contributed by atoms with Gasteiger partial charge in [-0.2, -0.15) is 0 Å². The molecule has 0 unspecified atom stereocenters. The maximum atomic E-state index is 3.65. The molecule has 0 spiro atoms. The summed E-state index contributed by atoms with van der Waals surface area (Å²) in [4.78, 5) is 5.19. The Morgan fingerprint density at radius 1 is 1.00 bits per heavy atom. The van der Waals surface area contributed by atoms with Gasteiger partial charge >= 0.3 is 0 Å². The van der Waals surface area contributed by atoms with Crippen molar-refractivity contribution < 1.29 is 0 Å². The van der Waals surface area contributed by atoms with E-state index in [2.05, 4.69) is 49.7 Å². The lowest BCUT2D eigenvalue weighted by atomic mass is 10.1. The van der Waals surface area contributed by atoms with Crippen molar-refractivity contribution in [3.05, 3.63) is 0 Å². The van der Waals surface area contributed by atoms with Crippen LogP contribution >= 0.6 is 0 Å². The predicted octanol–water partition coefficient (Wildman–Crippen LogP) is 2.18. The smallest absolute Gasteiger partial charge is 0.0126 e. The monoisotopic (exact) mass is 255 g/mol. The lowest BCUT2D eigenvalue weighted by molar-refractivity contribution is 0.0625. The van der Waals surface area contributed by atoms with Crippen molar-refractivity contribution in [2.24, 2.45) is 0 Å². The van der Waals surface area contributed by atoms with Gasteiger partial charge in [-0.1, -0.05) is 13.8 Å². The average molecular weight is 255 g/mol. The van der Waals surface area contributed by atoms with Gasteiger partial charge in [-0.25, -0.2) is 0 Å². The van der Waals surface area contributed by atoms with Crippen molar-refractivity contribution >= 4 is 0 Å². The lowest BCUT2D eigenvalue weighted by Crippen LogP contribution is -2.54. The van der Waals surface area contributed by atoms with E-state index in [1.165, 1.54) is 45.6 Å². The number of hydrogen-bond donors (Lipinski definition) is 1. The van der Waals surface area contributed by atoms with E-state index < -0.39 is 0 Å². The molecule has 0 saturated carbocycles. The number of rotatable bonds is 6. The van der Waals surface area contributed by atoms with Crippen LogP contribution in [0.3, 0.4) is 0 Å².